The fourth-order valence-electron chi connectivity index (χ4n) is 2.26. The van der Waals surface area contributed by atoms with E-state index in [1.807, 2.05) is 30.3 Å². The van der Waals surface area contributed by atoms with Gasteiger partial charge in [0.1, 0.15) is 0 Å². The summed E-state index contributed by atoms with van der Waals surface area (Å²) in [5, 5.41) is 0. The van der Waals surface area contributed by atoms with Crippen LogP contribution in [0.25, 0.3) is 0 Å². The molecule has 0 radical (unpaired) electrons. The maximum Gasteiger partial charge on any atom is 0.307 e. The number of ether oxygens (including phenoxy) is 1. The molecule has 0 heterocycles. The summed E-state index contributed by atoms with van der Waals surface area (Å²) >= 11 is 0. The molecule has 0 aliphatic rings. The predicted molar refractivity (Wildman–Crippen MR) is 91.7 cm³/mol. The maximum atomic E-state index is 12.9. The van der Waals surface area contributed by atoms with E-state index < -0.39 is 16.0 Å². The molecule has 2 rings (SSSR count). The normalized spacial score (nSPS) is 11.4. The summed E-state index contributed by atoms with van der Waals surface area (Å²) in [4.78, 5) is 11.8. The van der Waals surface area contributed by atoms with Gasteiger partial charge in [-0.05, 0) is 24.6 Å². The van der Waals surface area contributed by atoms with Crippen molar-refractivity contribution in [2.24, 2.45) is 0 Å². The van der Waals surface area contributed by atoms with E-state index in [9.17, 15) is 13.2 Å². The number of rotatable bonds is 8. The van der Waals surface area contributed by atoms with Crippen LogP contribution in [0.3, 0.4) is 0 Å². The Morgan fingerprint density at radius 2 is 1.58 bits per heavy atom. The molecule has 0 unspecified atom stereocenters. The molecule has 6 heteroatoms. The fraction of sp³-hybridized carbons (Fsp3) is 0.278. The van der Waals surface area contributed by atoms with Gasteiger partial charge in [0.25, 0.3) is 0 Å². The number of esters is 1. The third kappa shape index (κ3) is 4.91. The van der Waals surface area contributed by atoms with Crippen LogP contribution in [0, 0.1) is 0 Å². The summed E-state index contributed by atoms with van der Waals surface area (Å²) in [5.74, 6) is -0.404. The number of nitrogens with zero attached hydrogens (tertiary/aromatic N) is 1. The van der Waals surface area contributed by atoms with Crippen LogP contribution >= 0.6 is 0 Å². The summed E-state index contributed by atoms with van der Waals surface area (Å²) in [6, 6.07) is 17.5. The minimum absolute atomic E-state index is 0.0206. The standard InChI is InChI=1S/C18H21NO4S/c1-2-23-18(20)13-14-19(15-16-9-5-3-6-10-16)24(21,22)17-11-7-4-8-12-17/h3-12H,2,13-15H2,1H3. The number of sulfonamides is 1. The minimum atomic E-state index is -3.68. The fourth-order valence-corrected chi connectivity index (χ4v) is 3.71. The van der Waals surface area contributed by atoms with Gasteiger partial charge in [-0.15, -0.1) is 0 Å². The maximum absolute atomic E-state index is 12.9. The van der Waals surface area contributed by atoms with Crippen molar-refractivity contribution < 1.29 is 17.9 Å². The Bertz CT molecular complexity index is 745. The number of benzene rings is 2. The Labute approximate surface area is 142 Å². The Hall–Kier alpha value is -2.18. The number of carbonyl (C=O) groups is 1. The van der Waals surface area contributed by atoms with Gasteiger partial charge in [0, 0.05) is 13.1 Å². The van der Waals surface area contributed by atoms with E-state index in [4.69, 9.17) is 4.74 Å². The second-order valence-electron chi connectivity index (χ2n) is 5.19. The zero-order valence-electron chi connectivity index (χ0n) is 13.6. The number of hydrogen-bond donors (Lipinski definition) is 0. The SMILES string of the molecule is CCOC(=O)CCN(Cc1ccccc1)S(=O)(=O)c1ccccc1. The van der Waals surface area contributed by atoms with Gasteiger partial charge in [-0.1, -0.05) is 48.5 Å². The summed E-state index contributed by atoms with van der Waals surface area (Å²) in [7, 11) is -3.68. The van der Waals surface area contributed by atoms with E-state index in [-0.39, 0.29) is 31.0 Å². The highest BCUT2D eigenvalue weighted by Crippen LogP contribution is 2.18. The number of carbonyl (C=O) groups excluding carboxylic acids is 1. The predicted octanol–water partition coefficient (Wildman–Crippen LogP) is 2.83. The lowest BCUT2D eigenvalue weighted by Gasteiger charge is -2.22. The van der Waals surface area contributed by atoms with Gasteiger partial charge in [0.05, 0.1) is 17.9 Å². The highest BCUT2D eigenvalue weighted by molar-refractivity contribution is 7.89. The van der Waals surface area contributed by atoms with Gasteiger partial charge in [-0.25, -0.2) is 8.42 Å². The molecule has 5 nitrogen and oxygen atoms in total. The van der Waals surface area contributed by atoms with Gasteiger partial charge in [-0.3, -0.25) is 4.79 Å². The van der Waals surface area contributed by atoms with Crippen molar-refractivity contribution in [1.29, 1.82) is 0 Å². The lowest BCUT2D eigenvalue weighted by atomic mass is 10.2. The topological polar surface area (TPSA) is 63.7 Å². The molecule has 0 N–H and O–H groups in total. The molecule has 0 amide bonds. The first-order valence-corrected chi connectivity index (χ1v) is 9.23. The third-order valence-electron chi connectivity index (χ3n) is 3.45. The molecule has 0 atom stereocenters. The van der Waals surface area contributed by atoms with Crippen molar-refractivity contribution in [3.63, 3.8) is 0 Å². The first-order chi connectivity index (χ1) is 11.5. The average molecular weight is 347 g/mol. The lowest BCUT2D eigenvalue weighted by Crippen LogP contribution is -2.33. The minimum Gasteiger partial charge on any atom is -0.466 e. The molecule has 128 valence electrons. The van der Waals surface area contributed by atoms with E-state index in [2.05, 4.69) is 0 Å². The second kappa shape index (κ2) is 8.61. The highest BCUT2D eigenvalue weighted by Gasteiger charge is 2.25. The van der Waals surface area contributed by atoms with Crippen LogP contribution in [-0.2, 0) is 26.1 Å². The molecule has 0 saturated heterocycles. The molecule has 24 heavy (non-hydrogen) atoms. The van der Waals surface area contributed by atoms with Crippen molar-refractivity contribution in [3.8, 4) is 0 Å². The van der Waals surface area contributed by atoms with E-state index in [0.717, 1.165) is 5.56 Å². The van der Waals surface area contributed by atoms with Crippen LogP contribution in [0.5, 0.6) is 0 Å². The van der Waals surface area contributed by atoms with Gasteiger partial charge in [0.15, 0.2) is 0 Å². The van der Waals surface area contributed by atoms with Crippen LogP contribution < -0.4 is 0 Å². The monoisotopic (exact) mass is 347 g/mol. The molecular weight excluding hydrogens is 326 g/mol. The van der Waals surface area contributed by atoms with Gasteiger partial charge in [-0.2, -0.15) is 4.31 Å². The van der Waals surface area contributed by atoms with Crippen molar-refractivity contribution >= 4 is 16.0 Å². The van der Waals surface area contributed by atoms with Crippen LogP contribution in [0.1, 0.15) is 18.9 Å². The second-order valence-corrected chi connectivity index (χ2v) is 7.13. The molecule has 0 fully saturated rings. The summed E-state index contributed by atoms with van der Waals surface area (Å²) in [6.45, 7) is 2.28. The molecule has 0 saturated carbocycles. The van der Waals surface area contributed by atoms with Crippen LogP contribution in [0.4, 0.5) is 0 Å². The van der Waals surface area contributed by atoms with Crippen molar-refractivity contribution in [2.75, 3.05) is 13.2 Å². The average Bonchev–Trinajstić information content (AvgIpc) is 2.60. The third-order valence-corrected chi connectivity index (χ3v) is 5.31. The Balaban J connectivity index is 2.23. The van der Waals surface area contributed by atoms with Crippen LogP contribution in [0.2, 0.25) is 0 Å². The molecule has 0 aromatic heterocycles. The first-order valence-electron chi connectivity index (χ1n) is 7.78. The van der Waals surface area contributed by atoms with Gasteiger partial charge < -0.3 is 4.74 Å². The molecule has 0 aliphatic carbocycles. The summed E-state index contributed by atoms with van der Waals surface area (Å²) in [5.41, 5.74) is 0.862. The molecule has 0 spiro atoms. The zero-order valence-corrected chi connectivity index (χ0v) is 14.4. The Kier molecular flexibility index (Phi) is 6.52. The quantitative estimate of drug-likeness (QED) is 0.689. The Morgan fingerprint density at radius 1 is 1.00 bits per heavy atom. The largest absolute Gasteiger partial charge is 0.466 e. The van der Waals surface area contributed by atoms with E-state index in [1.54, 1.807) is 37.3 Å². The van der Waals surface area contributed by atoms with Crippen LogP contribution in [-0.4, -0.2) is 31.8 Å². The van der Waals surface area contributed by atoms with E-state index in [1.165, 1.54) is 4.31 Å². The molecule has 0 aliphatic heterocycles. The van der Waals surface area contributed by atoms with Crippen molar-refractivity contribution in [3.05, 3.63) is 66.2 Å². The van der Waals surface area contributed by atoms with E-state index >= 15 is 0 Å². The summed E-state index contributed by atoms with van der Waals surface area (Å²) in [6.07, 6.45) is 0.0206. The number of hydrogen-bond acceptors (Lipinski definition) is 4. The van der Waals surface area contributed by atoms with Gasteiger partial charge in [0.2, 0.25) is 10.0 Å². The van der Waals surface area contributed by atoms with Crippen molar-refractivity contribution in [2.45, 2.75) is 24.8 Å². The van der Waals surface area contributed by atoms with E-state index in [0.29, 0.717) is 0 Å². The molecule has 2 aromatic rings. The summed E-state index contributed by atoms with van der Waals surface area (Å²) < 4.78 is 32.0. The molecule has 2 aromatic carbocycles. The molecule has 0 bridgehead atoms. The highest BCUT2D eigenvalue weighted by atomic mass is 32.2. The van der Waals surface area contributed by atoms with Crippen molar-refractivity contribution in [1.82, 2.24) is 4.31 Å². The zero-order chi connectivity index (χ0) is 17.4. The first kappa shape index (κ1) is 18.2. The van der Waals surface area contributed by atoms with Crippen LogP contribution in [0.15, 0.2) is 65.6 Å². The van der Waals surface area contributed by atoms with Gasteiger partial charge >= 0.3 is 5.97 Å². The Morgan fingerprint density at radius 3 is 2.17 bits per heavy atom. The smallest absolute Gasteiger partial charge is 0.307 e. The molecular formula is C18H21NO4S. The lowest BCUT2D eigenvalue weighted by molar-refractivity contribution is -0.143.